The molecule has 10 heteroatoms. The molecule has 32 heavy (non-hydrogen) atoms. The zero-order valence-corrected chi connectivity index (χ0v) is 18.8. The summed E-state index contributed by atoms with van der Waals surface area (Å²) in [5.41, 5.74) is 2.02. The van der Waals surface area contributed by atoms with Crippen LogP contribution >= 0.6 is 11.6 Å². The van der Waals surface area contributed by atoms with E-state index in [1.807, 2.05) is 17.7 Å². The van der Waals surface area contributed by atoms with Crippen molar-refractivity contribution in [2.75, 3.05) is 6.54 Å². The number of hydrogen-bond acceptors (Lipinski definition) is 6. The zero-order valence-electron chi connectivity index (χ0n) is 18.0. The van der Waals surface area contributed by atoms with Gasteiger partial charge in [0.25, 0.3) is 5.91 Å². The van der Waals surface area contributed by atoms with Gasteiger partial charge in [0, 0.05) is 37.6 Å². The fourth-order valence-corrected chi connectivity index (χ4v) is 3.55. The number of ether oxygens (including phenoxy) is 1. The Kier molecular flexibility index (Phi) is 6.27. The smallest absolute Gasteiger partial charge is 0.257 e. The molecule has 3 aromatic heterocycles. The predicted molar refractivity (Wildman–Crippen MR) is 119 cm³/mol. The number of aromatic nitrogens is 5. The molecule has 9 nitrogen and oxygen atoms in total. The Labute approximate surface area is 189 Å². The Morgan fingerprint density at radius 1 is 1.25 bits per heavy atom. The number of imidazole rings is 1. The van der Waals surface area contributed by atoms with Crippen molar-refractivity contribution >= 4 is 17.5 Å². The van der Waals surface area contributed by atoms with Crippen molar-refractivity contribution in [3.8, 4) is 22.9 Å². The van der Waals surface area contributed by atoms with Crippen molar-refractivity contribution in [1.82, 2.24) is 29.8 Å². The van der Waals surface area contributed by atoms with Crippen LogP contribution in [0.15, 0.2) is 47.5 Å². The van der Waals surface area contributed by atoms with Crippen LogP contribution < -0.4 is 10.1 Å². The summed E-state index contributed by atoms with van der Waals surface area (Å²) in [6.07, 6.45) is 6.12. The fourth-order valence-electron chi connectivity index (χ4n) is 3.42. The molecular formula is C22H23ClN6O3. The van der Waals surface area contributed by atoms with Crippen LogP contribution in [-0.4, -0.2) is 36.9 Å². The minimum atomic E-state index is -0.259. The highest BCUT2D eigenvalue weighted by Crippen LogP contribution is 2.37. The summed E-state index contributed by atoms with van der Waals surface area (Å²) in [6, 6.07) is 7.00. The van der Waals surface area contributed by atoms with Crippen molar-refractivity contribution < 1.29 is 14.1 Å². The van der Waals surface area contributed by atoms with Gasteiger partial charge in [-0.1, -0.05) is 16.8 Å². The summed E-state index contributed by atoms with van der Waals surface area (Å²) in [7, 11) is 1.77. The maximum Gasteiger partial charge on any atom is 0.257 e. The Morgan fingerprint density at radius 3 is 2.75 bits per heavy atom. The van der Waals surface area contributed by atoms with Crippen LogP contribution in [0.1, 0.15) is 28.2 Å². The van der Waals surface area contributed by atoms with E-state index in [9.17, 15) is 4.79 Å². The fraction of sp³-hybridized carbons (Fsp3) is 0.273. The van der Waals surface area contributed by atoms with Gasteiger partial charge in [-0.25, -0.2) is 9.67 Å². The normalized spacial score (nSPS) is 11.0. The lowest BCUT2D eigenvalue weighted by Gasteiger charge is -2.09. The van der Waals surface area contributed by atoms with E-state index in [2.05, 4.69) is 20.6 Å². The van der Waals surface area contributed by atoms with E-state index in [-0.39, 0.29) is 5.91 Å². The van der Waals surface area contributed by atoms with Crippen LogP contribution in [0.2, 0.25) is 5.02 Å². The number of rotatable bonds is 8. The van der Waals surface area contributed by atoms with Crippen molar-refractivity contribution in [3.05, 3.63) is 65.0 Å². The molecule has 0 atom stereocenters. The minimum absolute atomic E-state index is 0.259. The molecule has 0 spiro atoms. The second kappa shape index (κ2) is 9.27. The Bertz CT molecular complexity index is 1210. The maximum atomic E-state index is 13.0. The van der Waals surface area contributed by atoms with Crippen LogP contribution in [0, 0.1) is 13.8 Å². The second-order valence-corrected chi connectivity index (χ2v) is 7.75. The number of benzene rings is 1. The molecule has 0 aliphatic heterocycles. The molecular weight excluding hydrogens is 432 g/mol. The zero-order chi connectivity index (χ0) is 22.7. The van der Waals surface area contributed by atoms with Gasteiger partial charge in [-0.15, -0.1) is 0 Å². The first-order chi connectivity index (χ1) is 15.4. The maximum absolute atomic E-state index is 13.0. The number of nitrogens with one attached hydrogen (secondary N) is 1. The standard InChI is InChI=1S/C22H23ClN6O3/c1-14-18(22(28(3)26-14)31-17-7-5-16(23)6-8-17)20-19(15(2)32-27-20)21(30)25-9-4-11-29-12-10-24-13-29/h5-8,10,12-13H,4,9,11H2,1-3H3,(H,25,30). The summed E-state index contributed by atoms with van der Waals surface area (Å²) >= 11 is 5.97. The first kappa shape index (κ1) is 21.6. The van der Waals surface area contributed by atoms with Crippen molar-refractivity contribution in [3.63, 3.8) is 0 Å². The number of amides is 1. The molecule has 0 aliphatic rings. The molecule has 166 valence electrons. The van der Waals surface area contributed by atoms with Gasteiger partial charge in [0.1, 0.15) is 22.8 Å². The van der Waals surface area contributed by atoms with Gasteiger partial charge in [0.15, 0.2) is 0 Å². The highest BCUT2D eigenvalue weighted by atomic mass is 35.5. The molecule has 0 aliphatic carbocycles. The Morgan fingerprint density at radius 2 is 2.03 bits per heavy atom. The monoisotopic (exact) mass is 454 g/mol. The molecule has 4 rings (SSSR count). The highest BCUT2D eigenvalue weighted by Gasteiger charge is 2.28. The summed E-state index contributed by atoms with van der Waals surface area (Å²) in [5, 5.41) is 12.2. The molecule has 4 aromatic rings. The van der Waals surface area contributed by atoms with E-state index in [1.54, 1.807) is 55.4 Å². The lowest BCUT2D eigenvalue weighted by atomic mass is 10.1. The topological polar surface area (TPSA) is 100 Å². The second-order valence-electron chi connectivity index (χ2n) is 7.32. The summed E-state index contributed by atoms with van der Waals surface area (Å²) in [4.78, 5) is 17.0. The number of hydrogen-bond donors (Lipinski definition) is 1. The molecule has 0 fully saturated rings. The lowest BCUT2D eigenvalue weighted by Crippen LogP contribution is -2.26. The first-order valence-electron chi connectivity index (χ1n) is 10.1. The van der Waals surface area contributed by atoms with Crippen molar-refractivity contribution in [2.24, 2.45) is 7.05 Å². The van der Waals surface area contributed by atoms with E-state index in [0.29, 0.717) is 51.5 Å². The third kappa shape index (κ3) is 4.52. The van der Waals surface area contributed by atoms with Crippen LogP contribution in [0.5, 0.6) is 11.6 Å². The van der Waals surface area contributed by atoms with Gasteiger partial charge in [0.05, 0.1) is 17.6 Å². The third-order valence-corrected chi connectivity index (χ3v) is 5.21. The van der Waals surface area contributed by atoms with Crippen LogP contribution in [0.25, 0.3) is 11.3 Å². The lowest BCUT2D eigenvalue weighted by molar-refractivity contribution is 0.0951. The summed E-state index contributed by atoms with van der Waals surface area (Å²) < 4.78 is 15.0. The van der Waals surface area contributed by atoms with Crippen LogP contribution in [-0.2, 0) is 13.6 Å². The SMILES string of the molecule is Cc1nn(C)c(Oc2ccc(Cl)cc2)c1-c1noc(C)c1C(=O)NCCCn1ccnc1. The van der Waals surface area contributed by atoms with Gasteiger partial charge in [-0.3, -0.25) is 4.79 Å². The molecule has 0 saturated carbocycles. The van der Waals surface area contributed by atoms with Gasteiger partial charge in [-0.2, -0.15) is 5.10 Å². The number of carbonyl (C=O) groups is 1. The number of carbonyl (C=O) groups excluding carboxylic acids is 1. The average molecular weight is 455 g/mol. The molecule has 0 radical (unpaired) electrons. The van der Waals surface area contributed by atoms with E-state index < -0.39 is 0 Å². The van der Waals surface area contributed by atoms with Gasteiger partial charge in [0.2, 0.25) is 5.88 Å². The van der Waals surface area contributed by atoms with E-state index in [0.717, 1.165) is 13.0 Å². The van der Waals surface area contributed by atoms with Crippen molar-refractivity contribution in [1.29, 1.82) is 0 Å². The number of nitrogens with zero attached hydrogens (tertiary/aromatic N) is 5. The first-order valence-corrected chi connectivity index (χ1v) is 10.5. The largest absolute Gasteiger partial charge is 0.439 e. The molecule has 0 bridgehead atoms. The summed E-state index contributed by atoms with van der Waals surface area (Å²) in [6.45, 7) is 4.81. The Balaban J connectivity index is 1.56. The van der Waals surface area contributed by atoms with Crippen LogP contribution in [0.3, 0.4) is 0 Å². The van der Waals surface area contributed by atoms with Gasteiger partial charge < -0.3 is 19.1 Å². The molecule has 1 N–H and O–H groups in total. The Hall–Kier alpha value is -3.59. The molecule has 0 saturated heterocycles. The van der Waals surface area contributed by atoms with Crippen molar-refractivity contribution in [2.45, 2.75) is 26.8 Å². The number of halogens is 1. The predicted octanol–water partition coefficient (Wildman–Crippen LogP) is 4.15. The highest BCUT2D eigenvalue weighted by molar-refractivity contribution is 6.30. The van der Waals surface area contributed by atoms with E-state index in [1.165, 1.54) is 0 Å². The molecule has 3 heterocycles. The van der Waals surface area contributed by atoms with E-state index in [4.69, 9.17) is 20.9 Å². The van der Waals surface area contributed by atoms with Gasteiger partial charge >= 0.3 is 0 Å². The molecule has 1 amide bonds. The molecule has 0 unspecified atom stereocenters. The molecule has 1 aromatic carbocycles. The van der Waals surface area contributed by atoms with E-state index >= 15 is 0 Å². The number of aryl methyl sites for hydroxylation is 4. The average Bonchev–Trinajstić information content (AvgIpc) is 3.47. The van der Waals surface area contributed by atoms with Crippen LogP contribution in [0.4, 0.5) is 0 Å². The summed E-state index contributed by atoms with van der Waals surface area (Å²) in [5.74, 6) is 1.20. The quantitative estimate of drug-likeness (QED) is 0.401. The third-order valence-electron chi connectivity index (χ3n) is 4.96. The van der Waals surface area contributed by atoms with Gasteiger partial charge in [-0.05, 0) is 44.5 Å². The minimum Gasteiger partial charge on any atom is -0.439 e.